The lowest BCUT2D eigenvalue weighted by molar-refractivity contribution is 0.375. The minimum Gasteiger partial charge on any atom is -0.467 e. The standard InChI is InChI=1S/C13H22ClN5O/c1-3-8-19(9-10-6-4-5-7-15-10)12-16-11(14)17-13(18-12)20-2/h10,15H,3-9H2,1-2H3. The summed E-state index contributed by atoms with van der Waals surface area (Å²) < 4.78 is 5.07. The quantitative estimate of drug-likeness (QED) is 0.865. The molecule has 0 radical (unpaired) electrons. The molecule has 0 saturated carbocycles. The second kappa shape index (κ2) is 7.59. The smallest absolute Gasteiger partial charge is 0.322 e. The molecule has 1 unspecified atom stereocenters. The largest absolute Gasteiger partial charge is 0.467 e. The second-order valence-electron chi connectivity index (χ2n) is 4.98. The first-order chi connectivity index (χ1) is 9.72. The zero-order chi connectivity index (χ0) is 14.4. The van der Waals surface area contributed by atoms with E-state index in [0.717, 1.165) is 26.1 Å². The number of piperidine rings is 1. The average molecular weight is 300 g/mol. The Bertz CT molecular complexity index is 425. The molecule has 1 aromatic heterocycles. The van der Waals surface area contributed by atoms with Gasteiger partial charge in [-0.3, -0.25) is 0 Å². The van der Waals surface area contributed by atoms with Crippen molar-refractivity contribution in [2.45, 2.75) is 38.6 Å². The van der Waals surface area contributed by atoms with Crippen molar-refractivity contribution in [3.8, 4) is 6.01 Å². The first kappa shape index (κ1) is 15.3. The molecule has 1 saturated heterocycles. The summed E-state index contributed by atoms with van der Waals surface area (Å²) in [5.41, 5.74) is 0. The summed E-state index contributed by atoms with van der Waals surface area (Å²) in [5.74, 6) is 0.594. The third-order valence-corrected chi connectivity index (χ3v) is 3.56. The van der Waals surface area contributed by atoms with Crippen LogP contribution >= 0.6 is 11.6 Å². The van der Waals surface area contributed by atoms with Crippen LogP contribution in [0.5, 0.6) is 6.01 Å². The first-order valence-electron chi connectivity index (χ1n) is 7.16. The van der Waals surface area contributed by atoms with Gasteiger partial charge in [-0.1, -0.05) is 13.3 Å². The number of methoxy groups -OCH3 is 1. The molecule has 112 valence electrons. The van der Waals surface area contributed by atoms with Crippen molar-refractivity contribution in [2.75, 3.05) is 31.6 Å². The minimum atomic E-state index is 0.171. The fraction of sp³-hybridized carbons (Fsp3) is 0.769. The molecule has 1 aliphatic rings. The number of nitrogens with zero attached hydrogens (tertiary/aromatic N) is 4. The van der Waals surface area contributed by atoms with E-state index < -0.39 is 0 Å². The van der Waals surface area contributed by atoms with Crippen LogP contribution in [0.1, 0.15) is 32.6 Å². The van der Waals surface area contributed by atoms with Gasteiger partial charge in [0.1, 0.15) is 0 Å². The number of hydrogen-bond donors (Lipinski definition) is 1. The van der Waals surface area contributed by atoms with E-state index in [-0.39, 0.29) is 11.3 Å². The Labute approximate surface area is 124 Å². The van der Waals surface area contributed by atoms with E-state index >= 15 is 0 Å². The van der Waals surface area contributed by atoms with Gasteiger partial charge in [-0.25, -0.2) is 0 Å². The summed E-state index contributed by atoms with van der Waals surface area (Å²) in [7, 11) is 1.53. The number of ether oxygens (including phenoxy) is 1. The van der Waals surface area contributed by atoms with Crippen molar-refractivity contribution in [1.82, 2.24) is 20.3 Å². The molecule has 0 amide bonds. The van der Waals surface area contributed by atoms with Gasteiger partial charge in [0, 0.05) is 19.1 Å². The molecule has 1 aliphatic heterocycles. The van der Waals surface area contributed by atoms with E-state index in [1.54, 1.807) is 0 Å². The number of halogens is 1. The maximum absolute atomic E-state index is 5.93. The van der Waals surface area contributed by atoms with Gasteiger partial charge in [-0.05, 0) is 37.4 Å². The Morgan fingerprint density at radius 2 is 2.20 bits per heavy atom. The van der Waals surface area contributed by atoms with Crippen LogP contribution in [0.15, 0.2) is 0 Å². The number of nitrogens with one attached hydrogen (secondary N) is 1. The van der Waals surface area contributed by atoms with Crippen LogP contribution in [0.3, 0.4) is 0 Å². The molecule has 0 bridgehead atoms. The van der Waals surface area contributed by atoms with Gasteiger partial charge in [0.25, 0.3) is 0 Å². The molecular formula is C13H22ClN5O. The molecule has 1 atom stereocenters. The van der Waals surface area contributed by atoms with E-state index in [1.165, 1.54) is 26.4 Å². The lowest BCUT2D eigenvalue weighted by Crippen LogP contribution is -2.44. The zero-order valence-electron chi connectivity index (χ0n) is 12.1. The minimum absolute atomic E-state index is 0.171. The van der Waals surface area contributed by atoms with Gasteiger partial charge in [-0.15, -0.1) is 0 Å². The predicted molar refractivity (Wildman–Crippen MR) is 79.5 cm³/mol. The highest BCUT2D eigenvalue weighted by molar-refractivity contribution is 6.28. The van der Waals surface area contributed by atoms with E-state index in [2.05, 4.69) is 32.1 Å². The molecule has 1 N–H and O–H groups in total. The first-order valence-corrected chi connectivity index (χ1v) is 7.54. The van der Waals surface area contributed by atoms with Crippen molar-refractivity contribution < 1.29 is 4.74 Å². The molecular weight excluding hydrogens is 278 g/mol. The number of hydrogen-bond acceptors (Lipinski definition) is 6. The van der Waals surface area contributed by atoms with Crippen LogP contribution in [0.2, 0.25) is 5.28 Å². The number of rotatable bonds is 6. The van der Waals surface area contributed by atoms with E-state index in [9.17, 15) is 0 Å². The highest BCUT2D eigenvalue weighted by atomic mass is 35.5. The maximum atomic E-state index is 5.93. The molecule has 2 heterocycles. The Morgan fingerprint density at radius 3 is 2.85 bits per heavy atom. The molecule has 1 fully saturated rings. The molecule has 6 nitrogen and oxygen atoms in total. The van der Waals surface area contributed by atoms with Crippen molar-refractivity contribution in [3.63, 3.8) is 0 Å². The summed E-state index contributed by atoms with van der Waals surface area (Å²) in [6.45, 7) is 5.01. The van der Waals surface area contributed by atoms with Crippen molar-refractivity contribution in [2.24, 2.45) is 0 Å². The lowest BCUT2D eigenvalue weighted by atomic mass is 10.0. The van der Waals surface area contributed by atoms with E-state index in [1.807, 2.05) is 0 Å². The highest BCUT2D eigenvalue weighted by Gasteiger charge is 2.19. The molecule has 0 aromatic carbocycles. The highest BCUT2D eigenvalue weighted by Crippen LogP contribution is 2.17. The zero-order valence-corrected chi connectivity index (χ0v) is 12.9. The predicted octanol–water partition coefficient (Wildman–Crippen LogP) is 1.89. The Hall–Kier alpha value is -1.14. The van der Waals surface area contributed by atoms with Crippen molar-refractivity contribution >= 4 is 17.5 Å². The van der Waals surface area contributed by atoms with E-state index in [0.29, 0.717) is 12.0 Å². The lowest BCUT2D eigenvalue weighted by Gasteiger charge is -2.30. The normalized spacial score (nSPS) is 18.9. The molecule has 7 heteroatoms. The van der Waals surface area contributed by atoms with Crippen LogP contribution in [-0.2, 0) is 0 Å². The van der Waals surface area contributed by atoms with Gasteiger partial charge in [0.05, 0.1) is 7.11 Å². The summed E-state index contributed by atoms with van der Waals surface area (Å²) in [6.07, 6.45) is 4.75. The molecule has 1 aromatic rings. The monoisotopic (exact) mass is 299 g/mol. The van der Waals surface area contributed by atoms with Crippen LogP contribution in [-0.4, -0.2) is 47.7 Å². The molecule has 0 aliphatic carbocycles. The van der Waals surface area contributed by atoms with Gasteiger partial charge < -0.3 is 15.0 Å². The number of aromatic nitrogens is 3. The summed E-state index contributed by atoms with van der Waals surface area (Å²) in [4.78, 5) is 14.6. The van der Waals surface area contributed by atoms with Gasteiger partial charge >= 0.3 is 6.01 Å². The third kappa shape index (κ3) is 4.18. The topological polar surface area (TPSA) is 63.2 Å². The molecule has 2 rings (SSSR count). The Morgan fingerprint density at radius 1 is 1.35 bits per heavy atom. The van der Waals surface area contributed by atoms with Gasteiger partial charge in [0.2, 0.25) is 11.2 Å². The Kier molecular flexibility index (Phi) is 5.79. The molecule has 20 heavy (non-hydrogen) atoms. The molecule has 0 spiro atoms. The summed E-state index contributed by atoms with van der Waals surface area (Å²) in [5, 5.41) is 3.71. The fourth-order valence-corrected chi connectivity index (χ4v) is 2.59. The third-order valence-electron chi connectivity index (χ3n) is 3.39. The average Bonchev–Trinajstić information content (AvgIpc) is 2.47. The Balaban J connectivity index is 2.12. The second-order valence-corrected chi connectivity index (χ2v) is 5.32. The maximum Gasteiger partial charge on any atom is 0.322 e. The van der Waals surface area contributed by atoms with Gasteiger partial charge in [-0.2, -0.15) is 15.0 Å². The summed E-state index contributed by atoms with van der Waals surface area (Å²) >= 11 is 5.93. The van der Waals surface area contributed by atoms with Crippen LogP contribution < -0.4 is 15.0 Å². The van der Waals surface area contributed by atoms with Crippen molar-refractivity contribution in [1.29, 1.82) is 0 Å². The van der Waals surface area contributed by atoms with E-state index in [4.69, 9.17) is 16.3 Å². The SMILES string of the molecule is CCCN(CC1CCCCN1)c1nc(Cl)nc(OC)n1. The summed E-state index contributed by atoms with van der Waals surface area (Å²) in [6, 6.07) is 0.745. The number of anilines is 1. The fourth-order valence-electron chi connectivity index (χ4n) is 2.44. The van der Waals surface area contributed by atoms with Gasteiger partial charge in [0.15, 0.2) is 0 Å². The van der Waals surface area contributed by atoms with Crippen LogP contribution in [0.25, 0.3) is 0 Å². The van der Waals surface area contributed by atoms with Crippen LogP contribution in [0.4, 0.5) is 5.95 Å². The van der Waals surface area contributed by atoms with Crippen molar-refractivity contribution in [3.05, 3.63) is 5.28 Å². The van der Waals surface area contributed by atoms with Crippen LogP contribution in [0, 0.1) is 0 Å².